The summed E-state index contributed by atoms with van der Waals surface area (Å²) >= 11 is 1.15. The van der Waals surface area contributed by atoms with E-state index in [1.165, 1.54) is 6.07 Å². The van der Waals surface area contributed by atoms with Crippen LogP contribution >= 0.6 is 11.3 Å². The Labute approximate surface area is 101 Å². The van der Waals surface area contributed by atoms with Crippen LogP contribution in [0.15, 0.2) is 15.7 Å². The molecule has 4 nitrogen and oxygen atoms in total. The highest BCUT2D eigenvalue weighted by Crippen LogP contribution is 2.21. The molecule has 0 saturated carbocycles. The largest absolute Gasteiger partial charge is 0.398 e. The van der Waals surface area contributed by atoms with Crippen LogP contribution in [0.5, 0.6) is 0 Å². The minimum Gasteiger partial charge on any atom is -0.398 e. The lowest BCUT2D eigenvalue weighted by Gasteiger charge is -2.12. The topological polar surface area (TPSA) is 72.2 Å². The third kappa shape index (κ3) is 3.77. The molecule has 92 valence electrons. The number of nitrogen functional groups attached to an aromatic ring is 1. The van der Waals surface area contributed by atoms with Crippen LogP contribution in [-0.2, 0) is 10.0 Å². The molecule has 0 aliphatic heterocycles. The second-order valence-corrected chi connectivity index (χ2v) is 6.72. The van der Waals surface area contributed by atoms with E-state index in [9.17, 15) is 8.42 Å². The van der Waals surface area contributed by atoms with Crippen LogP contribution < -0.4 is 10.5 Å². The summed E-state index contributed by atoms with van der Waals surface area (Å²) < 4.78 is 26.7. The first-order valence-corrected chi connectivity index (χ1v) is 7.68. The van der Waals surface area contributed by atoms with Crippen LogP contribution in [0.1, 0.15) is 33.1 Å². The van der Waals surface area contributed by atoms with Gasteiger partial charge in [0.2, 0.25) is 10.0 Å². The van der Waals surface area contributed by atoms with E-state index in [2.05, 4.69) is 11.6 Å². The van der Waals surface area contributed by atoms with Crippen molar-refractivity contribution >= 4 is 27.0 Å². The van der Waals surface area contributed by atoms with Crippen LogP contribution in [0.2, 0.25) is 0 Å². The van der Waals surface area contributed by atoms with Crippen molar-refractivity contribution in [1.82, 2.24) is 4.72 Å². The van der Waals surface area contributed by atoms with Gasteiger partial charge in [-0.3, -0.25) is 0 Å². The van der Waals surface area contributed by atoms with Gasteiger partial charge >= 0.3 is 0 Å². The molecule has 0 amide bonds. The Morgan fingerprint density at radius 3 is 2.75 bits per heavy atom. The number of nitrogens with two attached hydrogens (primary N) is 1. The number of hydrogen-bond donors (Lipinski definition) is 2. The van der Waals surface area contributed by atoms with Crippen LogP contribution in [0.25, 0.3) is 0 Å². The summed E-state index contributed by atoms with van der Waals surface area (Å²) in [5.41, 5.74) is 6.00. The molecular weight excluding hydrogens is 244 g/mol. The monoisotopic (exact) mass is 262 g/mol. The predicted molar refractivity (Wildman–Crippen MR) is 68.0 cm³/mol. The van der Waals surface area contributed by atoms with Crippen molar-refractivity contribution in [3.8, 4) is 0 Å². The summed E-state index contributed by atoms with van der Waals surface area (Å²) in [6.07, 6.45) is 2.95. The van der Waals surface area contributed by atoms with E-state index in [0.29, 0.717) is 5.69 Å². The quantitative estimate of drug-likeness (QED) is 0.825. The molecule has 1 aromatic rings. The Hall–Kier alpha value is -0.590. The Bertz CT molecular complexity index is 426. The molecule has 0 saturated heterocycles. The van der Waals surface area contributed by atoms with Crippen LogP contribution in [0.4, 0.5) is 5.69 Å². The molecule has 0 spiro atoms. The molecular formula is C10H18N2O2S2. The average Bonchev–Trinajstić information content (AvgIpc) is 2.62. The lowest BCUT2D eigenvalue weighted by molar-refractivity contribution is 0.535. The Morgan fingerprint density at radius 1 is 1.56 bits per heavy atom. The van der Waals surface area contributed by atoms with Crippen molar-refractivity contribution in [3.63, 3.8) is 0 Å². The van der Waals surface area contributed by atoms with Crippen molar-refractivity contribution in [2.24, 2.45) is 0 Å². The Morgan fingerprint density at radius 2 is 2.25 bits per heavy atom. The molecule has 16 heavy (non-hydrogen) atoms. The van der Waals surface area contributed by atoms with Gasteiger partial charge in [-0.2, -0.15) is 0 Å². The van der Waals surface area contributed by atoms with E-state index in [4.69, 9.17) is 5.73 Å². The molecule has 1 heterocycles. The maximum atomic E-state index is 11.9. The van der Waals surface area contributed by atoms with Crippen LogP contribution in [0, 0.1) is 0 Å². The van der Waals surface area contributed by atoms with Gasteiger partial charge in [0.15, 0.2) is 0 Å². The first kappa shape index (κ1) is 13.5. The molecule has 0 aliphatic carbocycles. The number of unbranched alkanes of at least 4 members (excludes halogenated alkanes) is 1. The van der Waals surface area contributed by atoms with E-state index >= 15 is 0 Å². The highest BCUT2D eigenvalue weighted by molar-refractivity contribution is 7.91. The molecule has 1 atom stereocenters. The molecule has 3 N–H and O–H groups in total. The van der Waals surface area contributed by atoms with Crippen molar-refractivity contribution in [3.05, 3.63) is 11.4 Å². The molecule has 0 fully saturated rings. The fourth-order valence-electron chi connectivity index (χ4n) is 1.36. The maximum absolute atomic E-state index is 11.9. The molecule has 0 aliphatic rings. The molecule has 0 aromatic carbocycles. The second-order valence-electron chi connectivity index (χ2n) is 3.86. The van der Waals surface area contributed by atoms with Crippen molar-refractivity contribution in [2.45, 2.75) is 43.4 Å². The van der Waals surface area contributed by atoms with Gasteiger partial charge in [-0.15, -0.1) is 11.3 Å². The first-order valence-electron chi connectivity index (χ1n) is 5.32. The summed E-state index contributed by atoms with van der Waals surface area (Å²) in [6.45, 7) is 3.96. The molecule has 0 radical (unpaired) electrons. The average molecular weight is 262 g/mol. The fraction of sp³-hybridized carbons (Fsp3) is 0.600. The molecule has 0 bridgehead atoms. The van der Waals surface area contributed by atoms with Gasteiger partial charge in [0.05, 0.1) is 0 Å². The standard InChI is InChI=1S/C10H18N2O2S2/c1-3-4-5-8(2)12-16(13,14)10-6-9(11)7-15-10/h6-8,12H,3-5,11H2,1-2H3. The normalized spacial score (nSPS) is 13.9. The lowest BCUT2D eigenvalue weighted by Crippen LogP contribution is -2.32. The summed E-state index contributed by atoms with van der Waals surface area (Å²) in [4.78, 5) is 0. The van der Waals surface area contributed by atoms with Gasteiger partial charge in [0, 0.05) is 17.1 Å². The minimum atomic E-state index is -3.38. The van der Waals surface area contributed by atoms with Gasteiger partial charge < -0.3 is 5.73 Å². The fourth-order valence-corrected chi connectivity index (χ4v) is 3.74. The highest BCUT2D eigenvalue weighted by Gasteiger charge is 2.18. The third-order valence-electron chi connectivity index (χ3n) is 2.21. The first-order chi connectivity index (χ1) is 7.45. The van der Waals surface area contributed by atoms with E-state index in [-0.39, 0.29) is 10.3 Å². The maximum Gasteiger partial charge on any atom is 0.250 e. The second kappa shape index (κ2) is 5.65. The van der Waals surface area contributed by atoms with Gasteiger partial charge in [-0.05, 0) is 19.4 Å². The van der Waals surface area contributed by atoms with Crippen LogP contribution in [-0.4, -0.2) is 14.5 Å². The Kier molecular flexibility index (Phi) is 4.76. The number of thiophene rings is 1. The van der Waals surface area contributed by atoms with Crippen molar-refractivity contribution in [2.75, 3.05) is 5.73 Å². The van der Waals surface area contributed by atoms with Gasteiger partial charge in [-0.1, -0.05) is 19.8 Å². The van der Waals surface area contributed by atoms with Crippen molar-refractivity contribution in [1.29, 1.82) is 0 Å². The SMILES string of the molecule is CCCCC(C)NS(=O)(=O)c1cc(N)cs1. The van der Waals surface area contributed by atoms with E-state index in [0.717, 1.165) is 30.6 Å². The Balaban J connectivity index is 2.65. The van der Waals surface area contributed by atoms with E-state index in [1.54, 1.807) is 5.38 Å². The van der Waals surface area contributed by atoms with Crippen molar-refractivity contribution < 1.29 is 8.42 Å². The van der Waals surface area contributed by atoms with Gasteiger partial charge in [0.25, 0.3) is 0 Å². The smallest absolute Gasteiger partial charge is 0.250 e. The van der Waals surface area contributed by atoms with E-state index < -0.39 is 10.0 Å². The number of rotatable bonds is 6. The third-order valence-corrected chi connectivity index (χ3v) is 5.25. The molecule has 1 unspecified atom stereocenters. The predicted octanol–water partition coefficient (Wildman–Crippen LogP) is 2.19. The zero-order valence-electron chi connectivity index (χ0n) is 9.56. The summed E-state index contributed by atoms with van der Waals surface area (Å²) in [5, 5.41) is 1.63. The summed E-state index contributed by atoms with van der Waals surface area (Å²) in [7, 11) is -3.38. The number of sulfonamides is 1. The van der Waals surface area contributed by atoms with E-state index in [1.807, 2.05) is 6.92 Å². The molecule has 1 rings (SSSR count). The number of hydrogen-bond acceptors (Lipinski definition) is 4. The highest BCUT2D eigenvalue weighted by atomic mass is 32.2. The molecule has 6 heteroatoms. The van der Waals surface area contributed by atoms with Gasteiger partial charge in [0.1, 0.15) is 4.21 Å². The summed E-state index contributed by atoms with van der Waals surface area (Å²) in [6, 6.07) is 1.45. The molecule has 1 aromatic heterocycles. The van der Waals surface area contributed by atoms with Crippen LogP contribution in [0.3, 0.4) is 0 Å². The zero-order valence-corrected chi connectivity index (χ0v) is 11.2. The summed E-state index contributed by atoms with van der Waals surface area (Å²) in [5.74, 6) is 0. The number of nitrogens with one attached hydrogen (secondary N) is 1. The minimum absolute atomic E-state index is 0.0340. The zero-order chi connectivity index (χ0) is 12.2. The number of anilines is 1. The van der Waals surface area contributed by atoms with Gasteiger partial charge in [-0.25, -0.2) is 13.1 Å². The lowest BCUT2D eigenvalue weighted by atomic mass is 10.2.